The number of hydrogen-bond donors (Lipinski definition) is 2. The summed E-state index contributed by atoms with van der Waals surface area (Å²) in [5.74, 6) is 0.448. The van der Waals surface area contributed by atoms with Gasteiger partial charge in [0, 0.05) is 18.5 Å². The molecule has 1 saturated heterocycles. The van der Waals surface area contributed by atoms with Gasteiger partial charge >= 0.3 is 0 Å². The average Bonchev–Trinajstić information content (AvgIpc) is 2.10. The molecule has 0 amide bonds. The Morgan fingerprint density at radius 2 is 2.17 bits per heavy atom. The molecule has 72 valence electrons. The summed E-state index contributed by atoms with van der Waals surface area (Å²) in [5.41, 5.74) is 0.0962. The van der Waals surface area contributed by atoms with Crippen molar-refractivity contribution in [3.8, 4) is 0 Å². The molecule has 0 aromatic carbocycles. The van der Waals surface area contributed by atoms with E-state index in [1.165, 1.54) is 0 Å². The molecule has 2 heteroatoms. The van der Waals surface area contributed by atoms with Crippen LogP contribution in [0.5, 0.6) is 0 Å². The van der Waals surface area contributed by atoms with Gasteiger partial charge in [-0.05, 0) is 18.8 Å². The van der Waals surface area contributed by atoms with Crippen molar-refractivity contribution in [3.63, 3.8) is 0 Å². The summed E-state index contributed by atoms with van der Waals surface area (Å²) < 4.78 is 0. The quantitative estimate of drug-likeness (QED) is 0.658. The molecule has 1 heterocycles. The van der Waals surface area contributed by atoms with Crippen molar-refractivity contribution in [3.05, 3.63) is 0 Å². The lowest BCUT2D eigenvalue weighted by atomic mass is 9.72. The van der Waals surface area contributed by atoms with Gasteiger partial charge in [-0.3, -0.25) is 0 Å². The summed E-state index contributed by atoms with van der Waals surface area (Å²) in [4.78, 5) is 0. The van der Waals surface area contributed by atoms with Crippen LogP contribution >= 0.6 is 0 Å². The van der Waals surface area contributed by atoms with Crippen molar-refractivity contribution in [2.75, 3.05) is 13.1 Å². The van der Waals surface area contributed by atoms with Gasteiger partial charge in [0.1, 0.15) is 0 Å². The summed E-state index contributed by atoms with van der Waals surface area (Å²) in [7, 11) is 0. The second-order valence-electron chi connectivity index (χ2n) is 4.25. The van der Waals surface area contributed by atoms with Gasteiger partial charge in [-0.15, -0.1) is 0 Å². The number of hydrogen-bond acceptors (Lipinski definition) is 2. The van der Waals surface area contributed by atoms with Gasteiger partial charge in [0.2, 0.25) is 0 Å². The summed E-state index contributed by atoms with van der Waals surface area (Å²) in [6.45, 7) is 8.42. The fourth-order valence-corrected chi connectivity index (χ4v) is 2.03. The summed E-state index contributed by atoms with van der Waals surface area (Å²) in [5, 5.41) is 13.4. The van der Waals surface area contributed by atoms with E-state index in [4.69, 9.17) is 0 Å². The SMILES string of the molecule is CCC1CNCC(C)(CC)C1O. The zero-order valence-electron chi connectivity index (χ0n) is 8.43. The monoisotopic (exact) mass is 171 g/mol. The Hall–Kier alpha value is -0.0800. The van der Waals surface area contributed by atoms with E-state index in [0.29, 0.717) is 5.92 Å². The molecule has 1 rings (SSSR count). The summed E-state index contributed by atoms with van der Waals surface area (Å²) in [6.07, 6.45) is 2.01. The van der Waals surface area contributed by atoms with E-state index in [1.54, 1.807) is 0 Å². The molecule has 3 unspecified atom stereocenters. The zero-order valence-corrected chi connectivity index (χ0v) is 8.43. The second-order valence-corrected chi connectivity index (χ2v) is 4.25. The first-order valence-corrected chi connectivity index (χ1v) is 5.03. The first-order valence-electron chi connectivity index (χ1n) is 5.03. The van der Waals surface area contributed by atoms with Gasteiger partial charge in [0.25, 0.3) is 0 Å². The van der Waals surface area contributed by atoms with Gasteiger partial charge in [-0.2, -0.15) is 0 Å². The van der Waals surface area contributed by atoms with E-state index in [0.717, 1.165) is 25.9 Å². The van der Waals surface area contributed by atoms with Crippen molar-refractivity contribution in [2.24, 2.45) is 11.3 Å². The molecule has 0 aromatic rings. The van der Waals surface area contributed by atoms with Crippen LogP contribution in [-0.2, 0) is 0 Å². The zero-order chi connectivity index (χ0) is 9.19. The molecule has 0 aromatic heterocycles. The summed E-state index contributed by atoms with van der Waals surface area (Å²) in [6, 6.07) is 0. The molecular weight excluding hydrogens is 150 g/mol. The van der Waals surface area contributed by atoms with Gasteiger partial charge in [-0.1, -0.05) is 20.8 Å². The molecule has 0 spiro atoms. The number of nitrogens with one attached hydrogen (secondary N) is 1. The Labute approximate surface area is 75.4 Å². The Kier molecular flexibility index (Phi) is 3.13. The Bertz CT molecular complexity index is 149. The van der Waals surface area contributed by atoms with Crippen LogP contribution in [0.2, 0.25) is 0 Å². The molecule has 0 radical (unpaired) electrons. The second kappa shape index (κ2) is 3.75. The van der Waals surface area contributed by atoms with Gasteiger partial charge in [0.15, 0.2) is 0 Å². The lowest BCUT2D eigenvalue weighted by Crippen LogP contribution is -2.53. The smallest absolute Gasteiger partial charge is 0.0645 e. The molecule has 1 aliphatic heterocycles. The summed E-state index contributed by atoms with van der Waals surface area (Å²) >= 11 is 0. The van der Waals surface area contributed by atoms with E-state index in [-0.39, 0.29) is 11.5 Å². The standard InChI is InChI=1S/C10H21NO/c1-4-8-6-11-7-10(3,5-2)9(8)12/h8-9,11-12H,4-7H2,1-3H3. The molecule has 1 fully saturated rings. The number of piperidine rings is 1. The Morgan fingerprint density at radius 1 is 1.50 bits per heavy atom. The number of aliphatic hydroxyl groups is 1. The van der Waals surface area contributed by atoms with E-state index in [9.17, 15) is 5.11 Å². The first kappa shape index (κ1) is 10.0. The van der Waals surface area contributed by atoms with Crippen LogP contribution in [0.15, 0.2) is 0 Å². The van der Waals surface area contributed by atoms with Crippen molar-refractivity contribution < 1.29 is 5.11 Å². The molecule has 0 bridgehead atoms. The molecule has 2 N–H and O–H groups in total. The van der Waals surface area contributed by atoms with Crippen molar-refractivity contribution >= 4 is 0 Å². The molecular formula is C10H21NO. The van der Waals surface area contributed by atoms with Gasteiger partial charge in [-0.25, -0.2) is 0 Å². The normalized spacial score (nSPS) is 43.0. The third-order valence-electron chi connectivity index (χ3n) is 3.43. The highest BCUT2D eigenvalue weighted by molar-refractivity contribution is 4.92. The van der Waals surface area contributed by atoms with Crippen LogP contribution in [0.3, 0.4) is 0 Å². The minimum absolute atomic E-state index is 0.0962. The highest BCUT2D eigenvalue weighted by atomic mass is 16.3. The van der Waals surface area contributed by atoms with Crippen LogP contribution in [0.1, 0.15) is 33.6 Å². The van der Waals surface area contributed by atoms with Gasteiger partial charge < -0.3 is 10.4 Å². The lowest BCUT2D eigenvalue weighted by Gasteiger charge is -2.43. The molecule has 0 saturated carbocycles. The van der Waals surface area contributed by atoms with Crippen molar-refractivity contribution in [2.45, 2.75) is 39.7 Å². The minimum atomic E-state index is -0.117. The maximum Gasteiger partial charge on any atom is 0.0645 e. The average molecular weight is 171 g/mol. The van der Waals surface area contributed by atoms with Crippen molar-refractivity contribution in [1.82, 2.24) is 5.32 Å². The largest absolute Gasteiger partial charge is 0.392 e. The van der Waals surface area contributed by atoms with Crippen LogP contribution in [0.25, 0.3) is 0 Å². The third kappa shape index (κ3) is 1.64. The van der Waals surface area contributed by atoms with Gasteiger partial charge in [0.05, 0.1) is 6.10 Å². The van der Waals surface area contributed by atoms with Crippen LogP contribution in [0, 0.1) is 11.3 Å². The highest BCUT2D eigenvalue weighted by Crippen LogP contribution is 2.33. The Balaban J connectivity index is 2.65. The number of aliphatic hydroxyl groups excluding tert-OH is 1. The molecule has 12 heavy (non-hydrogen) atoms. The molecule has 1 aliphatic rings. The fraction of sp³-hybridized carbons (Fsp3) is 1.00. The molecule has 3 atom stereocenters. The van der Waals surface area contributed by atoms with E-state index in [2.05, 4.69) is 26.1 Å². The predicted molar refractivity (Wildman–Crippen MR) is 51.1 cm³/mol. The van der Waals surface area contributed by atoms with E-state index < -0.39 is 0 Å². The third-order valence-corrected chi connectivity index (χ3v) is 3.43. The molecule has 2 nitrogen and oxygen atoms in total. The highest BCUT2D eigenvalue weighted by Gasteiger charge is 2.38. The van der Waals surface area contributed by atoms with Crippen molar-refractivity contribution in [1.29, 1.82) is 0 Å². The van der Waals surface area contributed by atoms with Crippen LogP contribution < -0.4 is 5.32 Å². The lowest BCUT2D eigenvalue weighted by molar-refractivity contribution is -0.0345. The topological polar surface area (TPSA) is 32.3 Å². The van der Waals surface area contributed by atoms with E-state index >= 15 is 0 Å². The van der Waals surface area contributed by atoms with Crippen LogP contribution in [-0.4, -0.2) is 24.3 Å². The minimum Gasteiger partial charge on any atom is -0.392 e. The first-order chi connectivity index (χ1) is 5.64. The van der Waals surface area contributed by atoms with Crippen LogP contribution in [0.4, 0.5) is 0 Å². The maximum absolute atomic E-state index is 10.0. The Morgan fingerprint density at radius 3 is 2.67 bits per heavy atom. The predicted octanol–water partition coefficient (Wildman–Crippen LogP) is 1.39. The molecule has 0 aliphatic carbocycles. The maximum atomic E-state index is 10.0. The fourth-order valence-electron chi connectivity index (χ4n) is 2.03. The van der Waals surface area contributed by atoms with E-state index in [1.807, 2.05) is 0 Å². The number of rotatable bonds is 2.